The van der Waals surface area contributed by atoms with Crippen molar-refractivity contribution < 1.29 is 9.47 Å². The average Bonchev–Trinajstić information content (AvgIpc) is 2.25. The van der Waals surface area contributed by atoms with Crippen LogP contribution in [0.1, 0.15) is 19.4 Å². The lowest BCUT2D eigenvalue weighted by Gasteiger charge is -2.35. The molecule has 1 aromatic rings. The van der Waals surface area contributed by atoms with Crippen molar-refractivity contribution in [3.05, 3.63) is 28.8 Å². The predicted octanol–water partition coefficient (Wildman–Crippen LogP) is 3.21. The molecule has 0 bridgehead atoms. The maximum atomic E-state index is 5.92. The molecule has 0 spiro atoms. The molecule has 1 N–H and O–H groups in total. The van der Waals surface area contributed by atoms with Gasteiger partial charge in [0.05, 0.1) is 19.3 Å². The molecular formula is C13H18ClNO2. The van der Waals surface area contributed by atoms with Crippen LogP contribution in [0.25, 0.3) is 0 Å². The molecule has 1 heterocycles. The van der Waals surface area contributed by atoms with E-state index in [1.807, 2.05) is 39.0 Å². The van der Waals surface area contributed by atoms with Crippen LogP contribution in [-0.4, -0.2) is 25.0 Å². The van der Waals surface area contributed by atoms with E-state index in [9.17, 15) is 0 Å². The number of hydrogen-bond acceptors (Lipinski definition) is 3. The fraction of sp³-hybridized carbons (Fsp3) is 0.538. The molecule has 0 aliphatic carbocycles. The molecule has 0 atom stereocenters. The molecule has 1 aliphatic heterocycles. The van der Waals surface area contributed by atoms with Crippen molar-refractivity contribution in [3.8, 4) is 0 Å². The fourth-order valence-electron chi connectivity index (χ4n) is 1.78. The molecule has 0 unspecified atom stereocenters. The summed E-state index contributed by atoms with van der Waals surface area (Å²) in [4.78, 5) is 0. The van der Waals surface area contributed by atoms with Gasteiger partial charge in [0.25, 0.3) is 0 Å². The second kappa shape index (κ2) is 4.84. The minimum atomic E-state index is -0.465. The lowest BCUT2D eigenvalue weighted by atomic mass is 10.1. The molecule has 4 heteroatoms. The Morgan fingerprint density at radius 3 is 2.53 bits per heavy atom. The Morgan fingerprint density at radius 2 is 1.94 bits per heavy atom. The fourth-order valence-corrected chi connectivity index (χ4v) is 2.01. The standard InChI is InChI=1S/C13H18ClNO2/c1-9-6-10(14)4-5-12(9)15-11-7-16-13(2,3)17-8-11/h4-6,11,15H,7-8H2,1-3H3. The Kier molecular flexibility index (Phi) is 3.61. The van der Waals surface area contributed by atoms with Gasteiger partial charge in [0.1, 0.15) is 0 Å². The largest absolute Gasteiger partial charge is 0.377 e. The zero-order valence-electron chi connectivity index (χ0n) is 10.4. The number of aryl methyl sites for hydroxylation is 1. The summed E-state index contributed by atoms with van der Waals surface area (Å²) >= 11 is 5.92. The SMILES string of the molecule is Cc1cc(Cl)ccc1NC1COC(C)(C)OC1. The molecule has 1 aliphatic rings. The normalized spacial score (nSPS) is 20.2. The number of anilines is 1. The highest BCUT2D eigenvalue weighted by molar-refractivity contribution is 6.30. The molecule has 0 radical (unpaired) electrons. The predicted molar refractivity (Wildman–Crippen MR) is 69.6 cm³/mol. The summed E-state index contributed by atoms with van der Waals surface area (Å²) in [5, 5.41) is 4.16. The summed E-state index contributed by atoms with van der Waals surface area (Å²) in [6.07, 6.45) is 0. The summed E-state index contributed by atoms with van der Waals surface area (Å²) < 4.78 is 11.2. The molecular weight excluding hydrogens is 238 g/mol. The van der Waals surface area contributed by atoms with E-state index < -0.39 is 5.79 Å². The third kappa shape index (κ3) is 3.35. The van der Waals surface area contributed by atoms with Crippen LogP contribution in [-0.2, 0) is 9.47 Å². The zero-order valence-corrected chi connectivity index (χ0v) is 11.2. The second-order valence-corrected chi connectivity index (χ2v) is 5.26. The van der Waals surface area contributed by atoms with Crippen molar-refractivity contribution in [2.45, 2.75) is 32.6 Å². The van der Waals surface area contributed by atoms with Crippen LogP contribution >= 0.6 is 11.6 Å². The third-order valence-electron chi connectivity index (χ3n) is 2.81. The summed E-state index contributed by atoms with van der Waals surface area (Å²) in [5.74, 6) is -0.465. The number of halogens is 1. The topological polar surface area (TPSA) is 30.5 Å². The molecule has 0 aromatic heterocycles. The van der Waals surface area contributed by atoms with Gasteiger partial charge in [0.15, 0.2) is 5.79 Å². The first-order valence-electron chi connectivity index (χ1n) is 5.77. The van der Waals surface area contributed by atoms with E-state index in [-0.39, 0.29) is 6.04 Å². The summed E-state index contributed by atoms with van der Waals surface area (Å²) in [5.41, 5.74) is 2.20. The first-order chi connectivity index (χ1) is 7.96. The van der Waals surface area contributed by atoms with Gasteiger partial charge in [-0.2, -0.15) is 0 Å². The van der Waals surface area contributed by atoms with Crippen LogP contribution in [0, 0.1) is 6.92 Å². The first kappa shape index (κ1) is 12.7. The maximum absolute atomic E-state index is 5.92. The van der Waals surface area contributed by atoms with Gasteiger partial charge in [-0.05, 0) is 44.5 Å². The summed E-state index contributed by atoms with van der Waals surface area (Å²) in [6.45, 7) is 7.18. The van der Waals surface area contributed by atoms with Gasteiger partial charge in [-0.3, -0.25) is 0 Å². The monoisotopic (exact) mass is 255 g/mol. The van der Waals surface area contributed by atoms with Crippen molar-refractivity contribution in [1.29, 1.82) is 0 Å². The minimum Gasteiger partial charge on any atom is -0.377 e. The molecule has 94 valence electrons. The smallest absolute Gasteiger partial charge is 0.162 e. The maximum Gasteiger partial charge on any atom is 0.162 e. The van der Waals surface area contributed by atoms with Gasteiger partial charge in [-0.1, -0.05) is 11.6 Å². The highest BCUT2D eigenvalue weighted by Gasteiger charge is 2.28. The molecule has 1 aromatic carbocycles. The number of rotatable bonds is 2. The molecule has 17 heavy (non-hydrogen) atoms. The van der Waals surface area contributed by atoms with E-state index in [4.69, 9.17) is 21.1 Å². The number of hydrogen-bond donors (Lipinski definition) is 1. The van der Waals surface area contributed by atoms with Gasteiger partial charge < -0.3 is 14.8 Å². The Hall–Kier alpha value is -0.770. The molecule has 1 saturated heterocycles. The van der Waals surface area contributed by atoms with E-state index >= 15 is 0 Å². The van der Waals surface area contributed by atoms with Crippen molar-refractivity contribution in [2.75, 3.05) is 18.5 Å². The van der Waals surface area contributed by atoms with Crippen LogP contribution < -0.4 is 5.32 Å². The Balaban J connectivity index is 1.98. The Bertz CT molecular complexity index is 396. The third-order valence-corrected chi connectivity index (χ3v) is 3.05. The lowest BCUT2D eigenvalue weighted by molar-refractivity contribution is -0.247. The van der Waals surface area contributed by atoms with Crippen LogP contribution in [0.4, 0.5) is 5.69 Å². The van der Waals surface area contributed by atoms with Crippen molar-refractivity contribution in [3.63, 3.8) is 0 Å². The van der Waals surface area contributed by atoms with E-state index in [0.29, 0.717) is 13.2 Å². The average molecular weight is 256 g/mol. The number of ether oxygens (including phenoxy) is 2. The zero-order chi connectivity index (χ0) is 12.5. The molecule has 1 fully saturated rings. The van der Waals surface area contributed by atoms with Crippen molar-refractivity contribution >= 4 is 17.3 Å². The second-order valence-electron chi connectivity index (χ2n) is 4.82. The molecule has 0 saturated carbocycles. The van der Waals surface area contributed by atoms with Crippen molar-refractivity contribution in [1.82, 2.24) is 0 Å². The lowest BCUT2D eigenvalue weighted by Crippen LogP contribution is -2.45. The Morgan fingerprint density at radius 1 is 1.29 bits per heavy atom. The van der Waals surface area contributed by atoms with Gasteiger partial charge in [0, 0.05) is 10.7 Å². The van der Waals surface area contributed by atoms with Crippen LogP contribution in [0.3, 0.4) is 0 Å². The van der Waals surface area contributed by atoms with E-state index in [1.165, 1.54) is 0 Å². The molecule has 3 nitrogen and oxygen atoms in total. The summed E-state index contributed by atoms with van der Waals surface area (Å²) in [7, 11) is 0. The van der Waals surface area contributed by atoms with E-state index in [2.05, 4.69) is 5.32 Å². The summed E-state index contributed by atoms with van der Waals surface area (Å²) in [6, 6.07) is 5.99. The van der Waals surface area contributed by atoms with Crippen molar-refractivity contribution in [2.24, 2.45) is 0 Å². The van der Waals surface area contributed by atoms with Gasteiger partial charge >= 0.3 is 0 Å². The number of benzene rings is 1. The quantitative estimate of drug-likeness (QED) is 0.880. The first-order valence-corrected chi connectivity index (χ1v) is 6.15. The van der Waals surface area contributed by atoms with Gasteiger partial charge in [0.2, 0.25) is 0 Å². The molecule has 2 rings (SSSR count). The molecule has 0 amide bonds. The Labute approximate surface area is 107 Å². The van der Waals surface area contributed by atoms with Gasteiger partial charge in [-0.15, -0.1) is 0 Å². The van der Waals surface area contributed by atoms with Crippen LogP contribution in [0.2, 0.25) is 5.02 Å². The highest BCUT2D eigenvalue weighted by atomic mass is 35.5. The van der Waals surface area contributed by atoms with Crippen LogP contribution in [0.15, 0.2) is 18.2 Å². The van der Waals surface area contributed by atoms with E-state index in [0.717, 1.165) is 16.3 Å². The highest BCUT2D eigenvalue weighted by Crippen LogP contribution is 2.23. The van der Waals surface area contributed by atoms with E-state index in [1.54, 1.807) is 0 Å². The van der Waals surface area contributed by atoms with Crippen LogP contribution in [0.5, 0.6) is 0 Å². The number of nitrogens with one attached hydrogen (secondary N) is 1. The van der Waals surface area contributed by atoms with Gasteiger partial charge in [-0.25, -0.2) is 0 Å². The minimum absolute atomic E-state index is 0.183.